The van der Waals surface area contributed by atoms with Gasteiger partial charge in [0.15, 0.2) is 0 Å². The molecule has 0 aromatic carbocycles. The van der Waals surface area contributed by atoms with Crippen molar-refractivity contribution in [2.24, 2.45) is 11.8 Å². The Morgan fingerprint density at radius 3 is 1.15 bits per heavy atom. The van der Waals surface area contributed by atoms with Gasteiger partial charge in [-0.1, -0.05) is 142 Å². The maximum Gasteiger partial charge on any atom is 0.0607 e. The Labute approximate surface area is 209 Å². The van der Waals surface area contributed by atoms with Gasteiger partial charge in [-0.3, -0.25) is 0 Å². The highest BCUT2D eigenvalue weighted by atomic mass is 16.5. The standard InChI is InChI=1S/C32H62O/c1-3-5-7-9-11-13-21-27-31(29-23-17-15-18-24-29)33-32(30-25-19-16-20-26-30)28-22-14-12-10-8-6-4-2/h29-32H,3-28H2,1-2H3. The molecule has 0 aliphatic heterocycles. The van der Waals surface area contributed by atoms with Gasteiger partial charge in [-0.15, -0.1) is 0 Å². The third-order valence-electron chi connectivity index (χ3n) is 8.89. The molecule has 0 amide bonds. The second-order valence-electron chi connectivity index (χ2n) is 11.8. The fourth-order valence-corrected chi connectivity index (χ4v) is 6.67. The summed E-state index contributed by atoms with van der Waals surface area (Å²) in [7, 11) is 0. The van der Waals surface area contributed by atoms with Crippen LogP contribution in [0.25, 0.3) is 0 Å². The zero-order chi connectivity index (χ0) is 23.4. The van der Waals surface area contributed by atoms with E-state index in [0.717, 1.165) is 11.8 Å². The molecule has 0 heterocycles. The van der Waals surface area contributed by atoms with Crippen LogP contribution >= 0.6 is 0 Å². The lowest BCUT2D eigenvalue weighted by Gasteiger charge is -2.37. The molecular formula is C32H62O. The highest BCUT2D eigenvalue weighted by molar-refractivity contribution is 4.80. The molecule has 2 atom stereocenters. The zero-order valence-corrected chi connectivity index (χ0v) is 23.1. The van der Waals surface area contributed by atoms with Crippen molar-refractivity contribution in [3.63, 3.8) is 0 Å². The Balaban J connectivity index is 1.82. The monoisotopic (exact) mass is 462 g/mol. The summed E-state index contributed by atoms with van der Waals surface area (Å²) >= 11 is 0. The molecule has 196 valence electrons. The van der Waals surface area contributed by atoms with Crippen molar-refractivity contribution in [1.82, 2.24) is 0 Å². The average Bonchev–Trinajstić information content (AvgIpc) is 2.87. The summed E-state index contributed by atoms with van der Waals surface area (Å²) in [6, 6.07) is 0. The Hall–Kier alpha value is -0.0400. The van der Waals surface area contributed by atoms with Gasteiger partial charge in [-0.05, 0) is 50.4 Å². The molecule has 2 aliphatic rings. The van der Waals surface area contributed by atoms with E-state index in [1.807, 2.05) is 0 Å². The summed E-state index contributed by atoms with van der Waals surface area (Å²) < 4.78 is 7.22. The largest absolute Gasteiger partial charge is 0.374 e. The molecule has 2 aliphatic carbocycles. The molecule has 0 radical (unpaired) electrons. The number of unbranched alkanes of at least 4 members (excludes halogenated alkanes) is 12. The van der Waals surface area contributed by atoms with Gasteiger partial charge in [0.25, 0.3) is 0 Å². The SMILES string of the molecule is CCCCCCCCCC(OC(CCCCCCCCC)C1CCCCC1)C1CCCCC1. The maximum absolute atomic E-state index is 7.22. The Morgan fingerprint density at radius 2 is 0.788 bits per heavy atom. The van der Waals surface area contributed by atoms with Gasteiger partial charge in [0, 0.05) is 0 Å². The third kappa shape index (κ3) is 13.6. The Bertz CT molecular complexity index is 369. The average molecular weight is 463 g/mol. The fourth-order valence-electron chi connectivity index (χ4n) is 6.67. The first-order valence-electron chi connectivity index (χ1n) is 16.0. The molecule has 1 heteroatoms. The summed E-state index contributed by atoms with van der Waals surface area (Å²) in [6.45, 7) is 4.64. The minimum absolute atomic E-state index is 0.567. The molecule has 0 saturated heterocycles. The first kappa shape index (κ1) is 29.2. The highest BCUT2D eigenvalue weighted by Crippen LogP contribution is 2.36. The highest BCUT2D eigenvalue weighted by Gasteiger charge is 2.30. The van der Waals surface area contributed by atoms with Crippen molar-refractivity contribution >= 4 is 0 Å². The molecule has 2 unspecified atom stereocenters. The first-order chi connectivity index (χ1) is 16.3. The van der Waals surface area contributed by atoms with E-state index in [1.54, 1.807) is 0 Å². The predicted octanol–water partition coefficient (Wildman–Crippen LogP) is 11.2. The molecule has 1 nitrogen and oxygen atoms in total. The summed E-state index contributed by atoms with van der Waals surface area (Å²) in [6.07, 6.45) is 38.3. The van der Waals surface area contributed by atoms with Gasteiger partial charge in [0.1, 0.15) is 0 Å². The van der Waals surface area contributed by atoms with E-state index in [4.69, 9.17) is 4.74 Å². The molecule has 0 spiro atoms. The normalized spacial score (nSPS) is 20.2. The predicted molar refractivity (Wildman–Crippen MR) is 147 cm³/mol. The van der Waals surface area contributed by atoms with Crippen molar-refractivity contribution in [1.29, 1.82) is 0 Å². The zero-order valence-electron chi connectivity index (χ0n) is 23.1. The van der Waals surface area contributed by atoms with Crippen LogP contribution < -0.4 is 0 Å². The third-order valence-corrected chi connectivity index (χ3v) is 8.89. The Kier molecular flexibility index (Phi) is 17.9. The van der Waals surface area contributed by atoms with E-state index in [1.165, 1.54) is 167 Å². The molecule has 2 fully saturated rings. The van der Waals surface area contributed by atoms with Crippen molar-refractivity contribution in [2.45, 2.75) is 193 Å². The van der Waals surface area contributed by atoms with Gasteiger partial charge in [0.2, 0.25) is 0 Å². The van der Waals surface area contributed by atoms with Crippen LogP contribution in [0, 0.1) is 11.8 Å². The topological polar surface area (TPSA) is 9.23 Å². The molecule has 2 rings (SSSR count). The van der Waals surface area contributed by atoms with Crippen LogP contribution in [-0.2, 0) is 4.74 Å². The van der Waals surface area contributed by atoms with Crippen LogP contribution in [-0.4, -0.2) is 12.2 Å². The number of rotatable bonds is 20. The minimum Gasteiger partial charge on any atom is -0.374 e. The van der Waals surface area contributed by atoms with E-state index in [2.05, 4.69) is 13.8 Å². The lowest BCUT2D eigenvalue weighted by molar-refractivity contribution is -0.0888. The van der Waals surface area contributed by atoms with Gasteiger partial charge in [-0.25, -0.2) is 0 Å². The quantitative estimate of drug-likeness (QED) is 0.163. The first-order valence-corrected chi connectivity index (χ1v) is 16.0. The van der Waals surface area contributed by atoms with Crippen LogP contribution in [0.5, 0.6) is 0 Å². The minimum atomic E-state index is 0.567. The molecule has 0 bridgehead atoms. The number of hydrogen-bond acceptors (Lipinski definition) is 1. The van der Waals surface area contributed by atoms with Gasteiger partial charge >= 0.3 is 0 Å². The van der Waals surface area contributed by atoms with E-state index in [-0.39, 0.29) is 0 Å². The van der Waals surface area contributed by atoms with E-state index < -0.39 is 0 Å². The smallest absolute Gasteiger partial charge is 0.0607 e. The van der Waals surface area contributed by atoms with Crippen LogP contribution in [0.2, 0.25) is 0 Å². The summed E-state index contributed by atoms with van der Waals surface area (Å²) in [5, 5.41) is 0. The summed E-state index contributed by atoms with van der Waals surface area (Å²) in [4.78, 5) is 0. The van der Waals surface area contributed by atoms with Crippen LogP contribution in [0.15, 0.2) is 0 Å². The fraction of sp³-hybridized carbons (Fsp3) is 1.00. The Morgan fingerprint density at radius 1 is 0.455 bits per heavy atom. The second-order valence-corrected chi connectivity index (χ2v) is 11.8. The van der Waals surface area contributed by atoms with Crippen molar-refractivity contribution in [2.75, 3.05) is 0 Å². The summed E-state index contributed by atoms with van der Waals surface area (Å²) in [5.74, 6) is 1.72. The van der Waals surface area contributed by atoms with Crippen LogP contribution in [0.4, 0.5) is 0 Å². The lowest BCUT2D eigenvalue weighted by atomic mass is 9.81. The van der Waals surface area contributed by atoms with Gasteiger partial charge < -0.3 is 4.74 Å². The lowest BCUT2D eigenvalue weighted by Crippen LogP contribution is -2.35. The van der Waals surface area contributed by atoms with Crippen LogP contribution in [0.3, 0.4) is 0 Å². The molecule has 33 heavy (non-hydrogen) atoms. The van der Waals surface area contributed by atoms with E-state index in [9.17, 15) is 0 Å². The van der Waals surface area contributed by atoms with E-state index >= 15 is 0 Å². The number of hydrogen-bond donors (Lipinski definition) is 0. The maximum atomic E-state index is 7.22. The second kappa shape index (κ2) is 20.2. The molecule has 0 N–H and O–H groups in total. The van der Waals surface area contributed by atoms with Crippen molar-refractivity contribution < 1.29 is 4.74 Å². The number of ether oxygens (including phenoxy) is 1. The van der Waals surface area contributed by atoms with Crippen LogP contribution in [0.1, 0.15) is 181 Å². The molecule has 2 saturated carbocycles. The van der Waals surface area contributed by atoms with Gasteiger partial charge in [-0.2, -0.15) is 0 Å². The van der Waals surface area contributed by atoms with Crippen molar-refractivity contribution in [3.8, 4) is 0 Å². The molecule has 0 aromatic rings. The summed E-state index contributed by atoms with van der Waals surface area (Å²) in [5.41, 5.74) is 0. The molecule has 0 aromatic heterocycles. The van der Waals surface area contributed by atoms with Crippen molar-refractivity contribution in [3.05, 3.63) is 0 Å². The molecular weight excluding hydrogens is 400 g/mol. The van der Waals surface area contributed by atoms with Gasteiger partial charge in [0.05, 0.1) is 12.2 Å². The van der Waals surface area contributed by atoms with E-state index in [0.29, 0.717) is 12.2 Å².